The number of nitrogens with one attached hydrogen (secondary N) is 2. The second-order valence-electron chi connectivity index (χ2n) is 3.65. The van der Waals surface area contributed by atoms with E-state index in [1.807, 2.05) is 12.1 Å². The van der Waals surface area contributed by atoms with Crippen LogP contribution in [0.25, 0.3) is 0 Å². The van der Waals surface area contributed by atoms with Crippen molar-refractivity contribution in [2.45, 2.75) is 13.3 Å². The number of hydrogen-bond donors (Lipinski definition) is 3. The van der Waals surface area contributed by atoms with Crippen LogP contribution in [0, 0.1) is 0 Å². The standard InChI is InChI=1S/C12H15N5/c1-2-9-3-5-10(6-4-9)15-11-7-12(16-13)17-14-8-11/h3-8H,2,13H2,1H3,(H2,15,16,17). The van der Waals surface area contributed by atoms with Crippen molar-refractivity contribution >= 4 is 17.2 Å². The van der Waals surface area contributed by atoms with Crippen molar-refractivity contribution in [3.8, 4) is 0 Å². The molecule has 0 spiro atoms. The number of nitrogen functional groups attached to an aromatic ring is 1. The lowest BCUT2D eigenvalue weighted by Crippen LogP contribution is -2.09. The van der Waals surface area contributed by atoms with Crippen LogP contribution in [0.4, 0.5) is 17.2 Å². The number of nitrogens with zero attached hydrogens (tertiary/aromatic N) is 2. The predicted octanol–water partition coefficient (Wildman–Crippen LogP) is 2.07. The van der Waals surface area contributed by atoms with Crippen molar-refractivity contribution in [3.05, 3.63) is 42.1 Å². The molecule has 0 saturated heterocycles. The van der Waals surface area contributed by atoms with Crippen molar-refractivity contribution in [2.75, 3.05) is 10.7 Å². The van der Waals surface area contributed by atoms with E-state index < -0.39 is 0 Å². The average molecular weight is 229 g/mol. The summed E-state index contributed by atoms with van der Waals surface area (Å²) in [5, 5.41) is 10.9. The Hall–Kier alpha value is -2.14. The predicted molar refractivity (Wildman–Crippen MR) is 68.9 cm³/mol. The zero-order valence-electron chi connectivity index (χ0n) is 9.64. The lowest BCUT2D eigenvalue weighted by atomic mass is 10.1. The molecule has 17 heavy (non-hydrogen) atoms. The Morgan fingerprint density at radius 2 is 1.94 bits per heavy atom. The van der Waals surface area contributed by atoms with E-state index in [0.29, 0.717) is 5.82 Å². The van der Waals surface area contributed by atoms with E-state index in [1.54, 1.807) is 12.3 Å². The maximum atomic E-state index is 5.27. The van der Waals surface area contributed by atoms with Gasteiger partial charge in [-0.3, -0.25) is 0 Å². The SMILES string of the molecule is CCc1ccc(Nc2cnnc(NN)c2)cc1. The monoisotopic (exact) mass is 229 g/mol. The third-order valence-corrected chi connectivity index (χ3v) is 2.45. The largest absolute Gasteiger partial charge is 0.354 e. The molecule has 0 aliphatic carbocycles. The van der Waals surface area contributed by atoms with Gasteiger partial charge < -0.3 is 10.7 Å². The molecule has 5 heteroatoms. The second-order valence-corrected chi connectivity index (χ2v) is 3.65. The van der Waals surface area contributed by atoms with E-state index in [2.05, 4.69) is 40.0 Å². The first-order chi connectivity index (χ1) is 8.31. The summed E-state index contributed by atoms with van der Waals surface area (Å²) in [5.74, 6) is 5.80. The number of hydrazine groups is 1. The molecule has 0 bridgehead atoms. The molecule has 0 fully saturated rings. The molecular weight excluding hydrogens is 214 g/mol. The van der Waals surface area contributed by atoms with Gasteiger partial charge in [0, 0.05) is 11.8 Å². The Bertz CT molecular complexity index is 481. The number of hydrogen-bond acceptors (Lipinski definition) is 5. The molecule has 0 amide bonds. The number of aryl methyl sites for hydroxylation is 1. The first-order valence-electron chi connectivity index (χ1n) is 5.47. The van der Waals surface area contributed by atoms with Gasteiger partial charge in [-0.15, -0.1) is 5.10 Å². The molecule has 0 atom stereocenters. The summed E-state index contributed by atoms with van der Waals surface area (Å²) in [6.45, 7) is 2.13. The molecule has 4 N–H and O–H groups in total. The van der Waals surface area contributed by atoms with Gasteiger partial charge in [0.15, 0.2) is 5.82 Å². The van der Waals surface area contributed by atoms with Gasteiger partial charge in [-0.05, 0) is 24.1 Å². The fourth-order valence-electron chi connectivity index (χ4n) is 1.50. The van der Waals surface area contributed by atoms with Gasteiger partial charge in [0.25, 0.3) is 0 Å². The quantitative estimate of drug-likeness (QED) is 0.552. The molecule has 1 heterocycles. The molecule has 2 aromatic rings. The maximum absolute atomic E-state index is 5.27. The van der Waals surface area contributed by atoms with E-state index >= 15 is 0 Å². The highest BCUT2D eigenvalue weighted by Gasteiger charge is 1.98. The fraction of sp³-hybridized carbons (Fsp3) is 0.167. The topological polar surface area (TPSA) is 75.9 Å². The number of aromatic nitrogens is 2. The van der Waals surface area contributed by atoms with Crippen LogP contribution in [0.15, 0.2) is 36.5 Å². The highest BCUT2D eigenvalue weighted by Crippen LogP contribution is 2.17. The Labute approximate surface area is 100 Å². The molecule has 0 saturated carbocycles. The summed E-state index contributed by atoms with van der Waals surface area (Å²) < 4.78 is 0. The smallest absolute Gasteiger partial charge is 0.164 e. The van der Waals surface area contributed by atoms with Gasteiger partial charge in [-0.25, -0.2) is 5.84 Å². The minimum atomic E-state index is 0.528. The molecule has 5 nitrogen and oxygen atoms in total. The Kier molecular flexibility index (Phi) is 3.52. The summed E-state index contributed by atoms with van der Waals surface area (Å²) >= 11 is 0. The normalized spacial score (nSPS) is 10.0. The third kappa shape index (κ3) is 2.92. The minimum absolute atomic E-state index is 0.528. The fourth-order valence-corrected chi connectivity index (χ4v) is 1.50. The minimum Gasteiger partial charge on any atom is -0.354 e. The highest BCUT2D eigenvalue weighted by atomic mass is 15.3. The summed E-state index contributed by atoms with van der Waals surface area (Å²) in [7, 11) is 0. The molecule has 1 aromatic carbocycles. The first kappa shape index (κ1) is 11.3. The summed E-state index contributed by atoms with van der Waals surface area (Å²) in [6, 6.07) is 10.1. The molecular formula is C12H15N5. The van der Waals surface area contributed by atoms with Crippen LogP contribution in [-0.2, 0) is 6.42 Å². The van der Waals surface area contributed by atoms with Crippen molar-refractivity contribution in [2.24, 2.45) is 5.84 Å². The van der Waals surface area contributed by atoms with E-state index in [-0.39, 0.29) is 0 Å². The van der Waals surface area contributed by atoms with Crippen LogP contribution < -0.4 is 16.6 Å². The van der Waals surface area contributed by atoms with Crippen LogP contribution in [-0.4, -0.2) is 10.2 Å². The van der Waals surface area contributed by atoms with Crippen LogP contribution in [0.5, 0.6) is 0 Å². The zero-order chi connectivity index (χ0) is 12.1. The molecule has 0 radical (unpaired) electrons. The van der Waals surface area contributed by atoms with E-state index in [1.165, 1.54) is 5.56 Å². The number of nitrogens with two attached hydrogens (primary N) is 1. The summed E-state index contributed by atoms with van der Waals surface area (Å²) in [5.41, 5.74) is 5.63. The zero-order valence-corrected chi connectivity index (χ0v) is 9.64. The van der Waals surface area contributed by atoms with Crippen LogP contribution in [0.2, 0.25) is 0 Å². The Balaban J connectivity index is 2.13. The van der Waals surface area contributed by atoms with Gasteiger partial charge in [0.05, 0.1) is 11.9 Å². The molecule has 0 unspecified atom stereocenters. The Morgan fingerprint density at radius 3 is 2.59 bits per heavy atom. The molecule has 0 aliphatic rings. The molecule has 88 valence electrons. The lowest BCUT2D eigenvalue weighted by Gasteiger charge is -2.07. The Morgan fingerprint density at radius 1 is 1.18 bits per heavy atom. The molecule has 1 aromatic heterocycles. The van der Waals surface area contributed by atoms with Crippen LogP contribution >= 0.6 is 0 Å². The maximum Gasteiger partial charge on any atom is 0.164 e. The van der Waals surface area contributed by atoms with Gasteiger partial charge in [-0.1, -0.05) is 19.1 Å². The number of anilines is 3. The summed E-state index contributed by atoms with van der Waals surface area (Å²) in [4.78, 5) is 0. The first-order valence-corrected chi connectivity index (χ1v) is 5.47. The second kappa shape index (κ2) is 5.27. The summed E-state index contributed by atoms with van der Waals surface area (Å²) in [6.07, 6.45) is 2.69. The van der Waals surface area contributed by atoms with Gasteiger partial charge >= 0.3 is 0 Å². The van der Waals surface area contributed by atoms with Crippen molar-refractivity contribution in [1.82, 2.24) is 10.2 Å². The van der Waals surface area contributed by atoms with Crippen molar-refractivity contribution in [3.63, 3.8) is 0 Å². The lowest BCUT2D eigenvalue weighted by molar-refractivity contribution is 1.02. The molecule has 2 rings (SSSR count). The van der Waals surface area contributed by atoms with Gasteiger partial charge in [-0.2, -0.15) is 5.10 Å². The van der Waals surface area contributed by atoms with Crippen molar-refractivity contribution < 1.29 is 0 Å². The van der Waals surface area contributed by atoms with E-state index in [4.69, 9.17) is 5.84 Å². The average Bonchev–Trinajstić information content (AvgIpc) is 2.40. The number of rotatable bonds is 4. The van der Waals surface area contributed by atoms with Crippen molar-refractivity contribution in [1.29, 1.82) is 0 Å². The van der Waals surface area contributed by atoms with Gasteiger partial charge in [0.1, 0.15) is 0 Å². The van der Waals surface area contributed by atoms with E-state index in [0.717, 1.165) is 17.8 Å². The van der Waals surface area contributed by atoms with E-state index in [9.17, 15) is 0 Å². The van der Waals surface area contributed by atoms with Gasteiger partial charge in [0.2, 0.25) is 0 Å². The van der Waals surface area contributed by atoms with Crippen LogP contribution in [0.1, 0.15) is 12.5 Å². The highest BCUT2D eigenvalue weighted by molar-refractivity contribution is 5.61. The van der Waals surface area contributed by atoms with Crippen LogP contribution in [0.3, 0.4) is 0 Å². The third-order valence-electron chi connectivity index (χ3n) is 2.45. The number of benzene rings is 1. The molecule has 0 aliphatic heterocycles.